The van der Waals surface area contributed by atoms with Crippen LogP contribution in [-0.4, -0.2) is 35.7 Å². The van der Waals surface area contributed by atoms with Crippen LogP contribution in [0.1, 0.15) is 18.5 Å². The molecule has 8 nitrogen and oxygen atoms in total. The molecule has 1 N–H and O–H groups in total. The first kappa shape index (κ1) is 17.1. The lowest BCUT2D eigenvalue weighted by atomic mass is 10.1. The molecular weight excluding hydrogens is 362 g/mol. The summed E-state index contributed by atoms with van der Waals surface area (Å²) in [5.41, 5.74) is 2.03. The smallest absolute Gasteiger partial charge is 0.244 e. The van der Waals surface area contributed by atoms with E-state index in [0.29, 0.717) is 5.82 Å². The maximum Gasteiger partial charge on any atom is 0.244 e. The summed E-state index contributed by atoms with van der Waals surface area (Å²) in [6.07, 6.45) is 5.37. The summed E-state index contributed by atoms with van der Waals surface area (Å²) >= 11 is 1.53. The van der Waals surface area contributed by atoms with Crippen molar-refractivity contribution in [2.24, 2.45) is 0 Å². The average molecular weight is 379 g/mol. The maximum absolute atomic E-state index is 12.3. The van der Waals surface area contributed by atoms with Crippen molar-refractivity contribution in [2.45, 2.75) is 19.5 Å². The number of nitrogens with zero attached hydrogens (tertiary/aromatic N) is 6. The van der Waals surface area contributed by atoms with Gasteiger partial charge in [0.1, 0.15) is 6.54 Å². The molecule has 1 atom stereocenters. The largest absolute Gasteiger partial charge is 0.348 e. The van der Waals surface area contributed by atoms with Crippen molar-refractivity contribution in [3.8, 4) is 16.4 Å². The van der Waals surface area contributed by atoms with Crippen LogP contribution in [-0.2, 0) is 11.3 Å². The molecular formula is C18H17N7OS. The number of carbonyl (C=O) groups is 1. The van der Waals surface area contributed by atoms with Gasteiger partial charge in [-0.25, -0.2) is 4.98 Å². The van der Waals surface area contributed by atoms with Crippen molar-refractivity contribution < 1.29 is 4.79 Å². The summed E-state index contributed by atoms with van der Waals surface area (Å²) in [5.74, 6) is 0.359. The SMILES string of the molecule is C[C@H](NC(=O)Cn1nnc(-c2cccs2)n1)c1ccc(-n2ccnc2)cc1. The van der Waals surface area contributed by atoms with Crippen LogP contribution in [0.25, 0.3) is 16.4 Å². The number of carbonyl (C=O) groups excluding carboxylic acids is 1. The number of thiophene rings is 1. The second-order valence-electron chi connectivity index (χ2n) is 5.97. The summed E-state index contributed by atoms with van der Waals surface area (Å²) < 4.78 is 1.93. The Balaban J connectivity index is 1.36. The Morgan fingerprint density at radius 1 is 1.26 bits per heavy atom. The number of nitrogens with one attached hydrogen (secondary N) is 1. The molecule has 136 valence electrons. The Kier molecular flexibility index (Phi) is 4.75. The predicted octanol–water partition coefficient (Wildman–Crippen LogP) is 2.46. The fourth-order valence-electron chi connectivity index (χ4n) is 2.66. The van der Waals surface area contributed by atoms with Gasteiger partial charge in [-0.2, -0.15) is 4.80 Å². The van der Waals surface area contributed by atoms with Gasteiger partial charge < -0.3 is 9.88 Å². The number of tetrazole rings is 1. The zero-order chi connectivity index (χ0) is 18.6. The van der Waals surface area contributed by atoms with Crippen molar-refractivity contribution in [1.29, 1.82) is 0 Å². The number of hydrogen-bond donors (Lipinski definition) is 1. The van der Waals surface area contributed by atoms with Gasteiger partial charge in [-0.3, -0.25) is 4.79 Å². The second kappa shape index (κ2) is 7.50. The van der Waals surface area contributed by atoms with Gasteiger partial charge in [0.25, 0.3) is 0 Å². The number of aromatic nitrogens is 6. The molecule has 3 aromatic heterocycles. The zero-order valence-corrected chi connectivity index (χ0v) is 15.4. The summed E-state index contributed by atoms with van der Waals surface area (Å²) in [7, 11) is 0. The standard InChI is InChI=1S/C18H17N7OS/c1-13(14-4-6-15(7-5-14)24-9-8-19-12-24)20-17(26)11-25-22-18(21-23-25)16-3-2-10-27-16/h2-10,12-13H,11H2,1H3,(H,20,26)/t13-/m0/s1. The van der Waals surface area contributed by atoms with Crippen LogP contribution in [0.3, 0.4) is 0 Å². The highest BCUT2D eigenvalue weighted by Crippen LogP contribution is 2.19. The lowest BCUT2D eigenvalue weighted by Crippen LogP contribution is -2.30. The summed E-state index contributed by atoms with van der Waals surface area (Å²) in [4.78, 5) is 18.6. The topological polar surface area (TPSA) is 90.5 Å². The lowest BCUT2D eigenvalue weighted by Gasteiger charge is -2.14. The van der Waals surface area contributed by atoms with E-state index >= 15 is 0 Å². The van der Waals surface area contributed by atoms with Crippen molar-refractivity contribution in [1.82, 2.24) is 35.1 Å². The van der Waals surface area contributed by atoms with Crippen LogP contribution in [0.4, 0.5) is 0 Å². The molecule has 0 saturated carbocycles. The number of imidazole rings is 1. The van der Waals surface area contributed by atoms with Gasteiger partial charge in [0, 0.05) is 18.1 Å². The van der Waals surface area contributed by atoms with Crippen LogP contribution < -0.4 is 5.32 Å². The van der Waals surface area contributed by atoms with Gasteiger partial charge in [-0.15, -0.1) is 21.5 Å². The Bertz CT molecular complexity index is 1010. The maximum atomic E-state index is 12.3. The van der Waals surface area contributed by atoms with Crippen LogP contribution in [0.15, 0.2) is 60.5 Å². The highest BCUT2D eigenvalue weighted by molar-refractivity contribution is 7.13. The molecule has 1 aromatic carbocycles. The van der Waals surface area contributed by atoms with Gasteiger partial charge in [0.2, 0.25) is 11.7 Å². The molecule has 3 heterocycles. The molecule has 0 aliphatic carbocycles. The predicted molar refractivity (Wildman–Crippen MR) is 101 cm³/mol. The van der Waals surface area contributed by atoms with E-state index in [1.807, 2.05) is 59.5 Å². The summed E-state index contributed by atoms with van der Waals surface area (Å²) in [6.45, 7) is 1.96. The van der Waals surface area contributed by atoms with Gasteiger partial charge in [-0.1, -0.05) is 18.2 Å². The molecule has 0 unspecified atom stereocenters. The third kappa shape index (κ3) is 3.93. The number of benzene rings is 1. The Hall–Kier alpha value is -3.33. The third-order valence-corrected chi connectivity index (χ3v) is 4.92. The molecule has 0 saturated heterocycles. The highest BCUT2D eigenvalue weighted by atomic mass is 32.1. The second-order valence-corrected chi connectivity index (χ2v) is 6.92. The fraction of sp³-hybridized carbons (Fsp3) is 0.167. The molecule has 4 aromatic rings. The minimum atomic E-state index is -0.170. The van der Waals surface area contributed by atoms with Crippen LogP contribution in [0.5, 0.6) is 0 Å². The normalized spacial score (nSPS) is 12.0. The fourth-order valence-corrected chi connectivity index (χ4v) is 3.31. The molecule has 27 heavy (non-hydrogen) atoms. The minimum Gasteiger partial charge on any atom is -0.348 e. The van der Waals surface area contributed by atoms with E-state index in [9.17, 15) is 4.79 Å². The first-order valence-corrected chi connectivity index (χ1v) is 9.26. The van der Waals surface area contributed by atoms with E-state index in [0.717, 1.165) is 16.1 Å². The minimum absolute atomic E-state index is 0.0236. The highest BCUT2D eigenvalue weighted by Gasteiger charge is 2.13. The van der Waals surface area contributed by atoms with Crippen LogP contribution >= 0.6 is 11.3 Å². The first-order chi connectivity index (χ1) is 13.2. The average Bonchev–Trinajstić information content (AvgIpc) is 3.43. The number of rotatable bonds is 6. The molecule has 0 aliphatic heterocycles. The monoisotopic (exact) mass is 379 g/mol. The molecule has 0 radical (unpaired) electrons. The van der Waals surface area contributed by atoms with E-state index in [4.69, 9.17) is 0 Å². The van der Waals surface area contributed by atoms with Crippen molar-refractivity contribution in [3.05, 3.63) is 66.1 Å². The molecule has 0 spiro atoms. The zero-order valence-electron chi connectivity index (χ0n) is 14.6. The van der Waals surface area contributed by atoms with Crippen LogP contribution in [0.2, 0.25) is 0 Å². The van der Waals surface area contributed by atoms with Crippen molar-refractivity contribution in [2.75, 3.05) is 0 Å². The van der Waals surface area contributed by atoms with E-state index < -0.39 is 0 Å². The number of amides is 1. The molecule has 0 bridgehead atoms. The molecule has 9 heteroatoms. The third-order valence-electron chi connectivity index (χ3n) is 4.05. The summed E-state index contributed by atoms with van der Waals surface area (Å²) in [5, 5.41) is 17.1. The Labute approximate surface area is 159 Å². The molecule has 1 amide bonds. The number of hydrogen-bond acceptors (Lipinski definition) is 6. The Morgan fingerprint density at radius 3 is 2.81 bits per heavy atom. The lowest BCUT2D eigenvalue weighted by molar-refractivity contribution is -0.122. The van der Waals surface area contributed by atoms with Crippen molar-refractivity contribution in [3.63, 3.8) is 0 Å². The van der Waals surface area contributed by atoms with Gasteiger partial charge in [0.15, 0.2) is 0 Å². The van der Waals surface area contributed by atoms with E-state index in [2.05, 4.69) is 25.7 Å². The van der Waals surface area contributed by atoms with E-state index in [1.54, 1.807) is 12.5 Å². The molecule has 0 aliphatic rings. The van der Waals surface area contributed by atoms with Gasteiger partial charge in [-0.05, 0) is 41.3 Å². The summed E-state index contributed by atoms with van der Waals surface area (Å²) in [6, 6.07) is 11.7. The van der Waals surface area contributed by atoms with E-state index in [1.165, 1.54) is 16.1 Å². The van der Waals surface area contributed by atoms with Crippen LogP contribution in [0, 0.1) is 0 Å². The molecule has 4 rings (SSSR count). The van der Waals surface area contributed by atoms with E-state index in [-0.39, 0.29) is 18.5 Å². The first-order valence-electron chi connectivity index (χ1n) is 8.38. The van der Waals surface area contributed by atoms with Gasteiger partial charge in [0.05, 0.1) is 17.2 Å². The van der Waals surface area contributed by atoms with Crippen molar-refractivity contribution >= 4 is 17.2 Å². The Morgan fingerprint density at radius 2 is 2.11 bits per heavy atom. The van der Waals surface area contributed by atoms with Gasteiger partial charge >= 0.3 is 0 Å². The quantitative estimate of drug-likeness (QED) is 0.556. The molecule has 0 fully saturated rings.